The predicted octanol–water partition coefficient (Wildman–Crippen LogP) is 3.44. The molecule has 0 aromatic heterocycles. The van der Waals surface area contributed by atoms with Gasteiger partial charge in [0.1, 0.15) is 5.82 Å². The molecule has 0 N–H and O–H groups in total. The minimum Gasteiger partial charge on any atom is -0.373 e. The van der Waals surface area contributed by atoms with E-state index in [0.29, 0.717) is 5.56 Å². The van der Waals surface area contributed by atoms with Gasteiger partial charge in [0.25, 0.3) is 0 Å². The molecule has 1 aliphatic heterocycles. The fourth-order valence-electron chi connectivity index (χ4n) is 1.59. The number of ether oxygens (including phenoxy) is 1. The quantitative estimate of drug-likeness (QED) is 0.736. The Morgan fingerprint density at radius 1 is 1.46 bits per heavy atom. The number of halogens is 2. The molecule has 1 atom stereocenters. The number of rotatable bonds is 1. The van der Waals surface area contributed by atoms with Gasteiger partial charge in [-0.1, -0.05) is 22.0 Å². The van der Waals surface area contributed by atoms with Crippen LogP contribution in [-0.4, -0.2) is 6.61 Å². The average Bonchev–Trinajstić information content (AvgIpc) is 2.56. The number of benzene rings is 1. The zero-order valence-electron chi connectivity index (χ0n) is 7.09. The van der Waals surface area contributed by atoms with Crippen LogP contribution in [0.1, 0.15) is 24.5 Å². The van der Waals surface area contributed by atoms with Crippen LogP contribution in [0.4, 0.5) is 4.39 Å². The van der Waals surface area contributed by atoms with Crippen LogP contribution in [0.3, 0.4) is 0 Å². The molecule has 13 heavy (non-hydrogen) atoms. The first-order valence-corrected chi connectivity index (χ1v) is 5.13. The molecule has 3 heteroatoms. The molecular formula is C10H10BrFO. The third-order valence-electron chi connectivity index (χ3n) is 2.24. The Morgan fingerprint density at radius 2 is 2.31 bits per heavy atom. The maximum absolute atomic E-state index is 13.4. The minimum atomic E-state index is -0.179. The molecule has 1 aromatic carbocycles. The van der Waals surface area contributed by atoms with E-state index in [0.717, 1.165) is 23.9 Å². The summed E-state index contributed by atoms with van der Waals surface area (Å²) >= 11 is 3.22. The first-order chi connectivity index (χ1) is 6.27. The monoisotopic (exact) mass is 244 g/mol. The molecule has 0 saturated carbocycles. The normalized spacial score (nSPS) is 22.2. The first-order valence-electron chi connectivity index (χ1n) is 4.34. The van der Waals surface area contributed by atoms with Crippen LogP contribution in [0.5, 0.6) is 0 Å². The molecular weight excluding hydrogens is 235 g/mol. The smallest absolute Gasteiger partial charge is 0.130 e. The van der Waals surface area contributed by atoms with E-state index in [2.05, 4.69) is 15.9 Å². The predicted molar refractivity (Wildman–Crippen MR) is 52.0 cm³/mol. The minimum absolute atomic E-state index is 0.0342. The summed E-state index contributed by atoms with van der Waals surface area (Å²) in [5, 5.41) is 0. The van der Waals surface area contributed by atoms with Gasteiger partial charge < -0.3 is 4.74 Å². The van der Waals surface area contributed by atoms with Crippen LogP contribution in [-0.2, 0) is 4.74 Å². The summed E-state index contributed by atoms with van der Waals surface area (Å²) in [4.78, 5) is 0. The van der Waals surface area contributed by atoms with Crippen molar-refractivity contribution < 1.29 is 9.13 Å². The van der Waals surface area contributed by atoms with Gasteiger partial charge in [-0.25, -0.2) is 4.39 Å². The van der Waals surface area contributed by atoms with Crippen molar-refractivity contribution in [3.8, 4) is 0 Å². The number of hydrogen-bond donors (Lipinski definition) is 0. The molecule has 0 amide bonds. The van der Waals surface area contributed by atoms with Gasteiger partial charge in [-0.05, 0) is 25.0 Å². The molecule has 1 fully saturated rings. The van der Waals surface area contributed by atoms with E-state index in [-0.39, 0.29) is 11.9 Å². The lowest BCUT2D eigenvalue weighted by Gasteiger charge is -2.10. The molecule has 1 nitrogen and oxygen atoms in total. The summed E-state index contributed by atoms with van der Waals surface area (Å²) < 4.78 is 19.6. The Balaban J connectivity index is 2.29. The zero-order valence-corrected chi connectivity index (χ0v) is 8.68. The third kappa shape index (κ3) is 1.92. The van der Waals surface area contributed by atoms with Gasteiger partial charge in [-0.2, -0.15) is 0 Å². The maximum Gasteiger partial charge on any atom is 0.130 e. The van der Waals surface area contributed by atoms with Crippen molar-refractivity contribution in [2.45, 2.75) is 18.9 Å². The molecule has 1 saturated heterocycles. The van der Waals surface area contributed by atoms with Crippen molar-refractivity contribution in [2.75, 3.05) is 6.61 Å². The summed E-state index contributed by atoms with van der Waals surface area (Å²) in [5.41, 5.74) is 0.681. The molecule has 1 aromatic rings. The Hall–Kier alpha value is -0.410. The maximum atomic E-state index is 13.4. The molecule has 0 spiro atoms. The summed E-state index contributed by atoms with van der Waals surface area (Å²) in [7, 11) is 0. The highest BCUT2D eigenvalue weighted by Gasteiger charge is 2.20. The van der Waals surface area contributed by atoms with Crippen LogP contribution in [0.15, 0.2) is 22.7 Å². The first kappa shape index (κ1) is 9.16. The van der Waals surface area contributed by atoms with Crippen molar-refractivity contribution in [2.24, 2.45) is 0 Å². The molecule has 70 valence electrons. The molecule has 0 radical (unpaired) electrons. The van der Waals surface area contributed by atoms with Gasteiger partial charge in [0, 0.05) is 16.6 Å². The van der Waals surface area contributed by atoms with Gasteiger partial charge in [0.05, 0.1) is 6.10 Å². The lowest BCUT2D eigenvalue weighted by Crippen LogP contribution is -1.98. The summed E-state index contributed by atoms with van der Waals surface area (Å²) in [6.07, 6.45) is 1.92. The van der Waals surface area contributed by atoms with E-state index in [4.69, 9.17) is 4.74 Å². The molecule has 2 rings (SSSR count). The highest BCUT2D eigenvalue weighted by molar-refractivity contribution is 9.10. The van der Waals surface area contributed by atoms with E-state index in [1.807, 2.05) is 6.07 Å². The van der Waals surface area contributed by atoms with Crippen molar-refractivity contribution in [3.05, 3.63) is 34.1 Å². The van der Waals surface area contributed by atoms with Crippen LogP contribution < -0.4 is 0 Å². The van der Waals surface area contributed by atoms with E-state index >= 15 is 0 Å². The molecule has 1 aliphatic rings. The Kier molecular flexibility index (Phi) is 2.65. The fraction of sp³-hybridized carbons (Fsp3) is 0.400. The van der Waals surface area contributed by atoms with Crippen molar-refractivity contribution in [1.82, 2.24) is 0 Å². The van der Waals surface area contributed by atoms with E-state index in [1.54, 1.807) is 6.07 Å². The molecule has 1 heterocycles. The molecule has 1 unspecified atom stereocenters. The van der Waals surface area contributed by atoms with Gasteiger partial charge in [0.15, 0.2) is 0 Å². The standard InChI is InChI=1S/C10H10BrFO/c11-7-3-4-8(9(12)6-7)10-2-1-5-13-10/h3-4,6,10H,1-2,5H2. The zero-order chi connectivity index (χ0) is 9.26. The third-order valence-corrected chi connectivity index (χ3v) is 2.73. The largest absolute Gasteiger partial charge is 0.373 e. The van der Waals surface area contributed by atoms with Gasteiger partial charge in [-0.3, -0.25) is 0 Å². The Labute approximate surface area is 85.0 Å². The van der Waals surface area contributed by atoms with E-state index in [1.165, 1.54) is 6.07 Å². The second-order valence-corrected chi connectivity index (χ2v) is 4.08. The van der Waals surface area contributed by atoms with Crippen LogP contribution in [0.2, 0.25) is 0 Å². The van der Waals surface area contributed by atoms with E-state index in [9.17, 15) is 4.39 Å². The van der Waals surface area contributed by atoms with Gasteiger partial charge in [-0.15, -0.1) is 0 Å². The second-order valence-electron chi connectivity index (χ2n) is 3.17. The van der Waals surface area contributed by atoms with Crippen LogP contribution in [0.25, 0.3) is 0 Å². The summed E-state index contributed by atoms with van der Waals surface area (Å²) in [6.45, 7) is 0.750. The second kappa shape index (κ2) is 3.76. The highest BCUT2D eigenvalue weighted by atomic mass is 79.9. The number of hydrogen-bond acceptors (Lipinski definition) is 1. The van der Waals surface area contributed by atoms with Crippen molar-refractivity contribution >= 4 is 15.9 Å². The van der Waals surface area contributed by atoms with Crippen molar-refractivity contribution in [1.29, 1.82) is 0 Å². The lowest BCUT2D eigenvalue weighted by atomic mass is 10.1. The topological polar surface area (TPSA) is 9.23 Å². The Morgan fingerprint density at radius 3 is 2.92 bits per heavy atom. The average molecular weight is 245 g/mol. The van der Waals surface area contributed by atoms with E-state index < -0.39 is 0 Å². The lowest BCUT2D eigenvalue weighted by molar-refractivity contribution is 0.109. The van der Waals surface area contributed by atoms with Gasteiger partial charge in [0.2, 0.25) is 0 Å². The highest BCUT2D eigenvalue weighted by Crippen LogP contribution is 2.31. The Bertz CT molecular complexity index is 308. The van der Waals surface area contributed by atoms with Gasteiger partial charge >= 0.3 is 0 Å². The summed E-state index contributed by atoms with van der Waals surface area (Å²) in [6, 6.07) is 5.12. The SMILES string of the molecule is Fc1cc(Br)ccc1C1CCCO1. The van der Waals surface area contributed by atoms with Crippen molar-refractivity contribution in [3.63, 3.8) is 0 Å². The summed E-state index contributed by atoms with van der Waals surface area (Å²) in [5.74, 6) is -0.179. The van der Waals surface area contributed by atoms with Crippen LogP contribution >= 0.6 is 15.9 Å². The van der Waals surface area contributed by atoms with Crippen LogP contribution in [0, 0.1) is 5.82 Å². The fourth-order valence-corrected chi connectivity index (χ4v) is 1.92. The molecule has 0 bridgehead atoms. The molecule has 0 aliphatic carbocycles.